The van der Waals surface area contributed by atoms with Crippen molar-refractivity contribution in [3.8, 4) is 5.75 Å². The van der Waals surface area contributed by atoms with Gasteiger partial charge in [-0.25, -0.2) is 0 Å². The molecule has 116 valence electrons. The Bertz CT molecular complexity index is 469. The molecule has 0 spiro atoms. The SMILES string of the molecule is CCCNC(=O)C(NC(=O)c1ccc(OC)cc1)C(C)C. The second-order valence-corrected chi connectivity index (χ2v) is 5.21. The van der Waals surface area contributed by atoms with E-state index in [9.17, 15) is 9.59 Å². The number of rotatable bonds is 7. The van der Waals surface area contributed by atoms with Crippen molar-refractivity contribution in [3.63, 3.8) is 0 Å². The molecule has 1 rings (SSSR count). The first-order chi connectivity index (χ1) is 9.99. The third-order valence-electron chi connectivity index (χ3n) is 3.14. The maximum atomic E-state index is 12.2. The summed E-state index contributed by atoms with van der Waals surface area (Å²) < 4.78 is 5.05. The third kappa shape index (κ3) is 5.10. The second kappa shape index (κ2) is 8.29. The fraction of sp³-hybridized carbons (Fsp3) is 0.500. The monoisotopic (exact) mass is 292 g/mol. The predicted octanol–water partition coefficient (Wildman–Crippen LogP) is 1.98. The standard InChI is InChI=1S/C16H24N2O3/c1-5-10-17-16(20)14(11(2)3)18-15(19)12-6-8-13(21-4)9-7-12/h6-9,11,14H,5,10H2,1-4H3,(H,17,20)(H,18,19). The average molecular weight is 292 g/mol. The number of ether oxygens (including phenoxy) is 1. The van der Waals surface area contributed by atoms with Crippen molar-refractivity contribution in [3.05, 3.63) is 29.8 Å². The quantitative estimate of drug-likeness (QED) is 0.807. The summed E-state index contributed by atoms with van der Waals surface area (Å²) >= 11 is 0. The number of nitrogens with one attached hydrogen (secondary N) is 2. The molecule has 0 aromatic heterocycles. The maximum Gasteiger partial charge on any atom is 0.251 e. The molecule has 0 aliphatic heterocycles. The van der Waals surface area contributed by atoms with Gasteiger partial charge < -0.3 is 15.4 Å². The van der Waals surface area contributed by atoms with Crippen molar-refractivity contribution < 1.29 is 14.3 Å². The fourth-order valence-corrected chi connectivity index (χ4v) is 1.86. The van der Waals surface area contributed by atoms with E-state index in [2.05, 4.69) is 10.6 Å². The van der Waals surface area contributed by atoms with E-state index < -0.39 is 6.04 Å². The van der Waals surface area contributed by atoms with Crippen molar-refractivity contribution in [2.45, 2.75) is 33.2 Å². The lowest BCUT2D eigenvalue weighted by atomic mass is 10.0. The number of hydrogen-bond donors (Lipinski definition) is 2. The van der Waals surface area contributed by atoms with Crippen molar-refractivity contribution in [2.75, 3.05) is 13.7 Å². The summed E-state index contributed by atoms with van der Waals surface area (Å²) in [6, 6.07) is 6.25. The molecule has 0 saturated carbocycles. The van der Waals surface area contributed by atoms with Crippen LogP contribution in [0.1, 0.15) is 37.6 Å². The van der Waals surface area contributed by atoms with Crippen LogP contribution in [0.2, 0.25) is 0 Å². The number of carbonyl (C=O) groups excluding carboxylic acids is 2. The highest BCUT2D eigenvalue weighted by Gasteiger charge is 2.24. The van der Waals surface area contributed by atoms with E-state index in [0.717, 1.165) is 6.42 Å². The summed E-state index contributed by atoms with van der Waals surface area (Å²) in [6.07, 6.45) is 0.864. The Morgan fingerprint density at radius 2 is 1.81 bits per heavy atom. The highest BCUT2D eigenvalue weighted by atomic mass is 16.5. The van der Waals surface area contributed by atoms with Crippen LogP contribution in [0.15, 0.2) is 24.3 Å². The van der Waals surface area contributed by atoms with Crippen molar-refractivity contribution >= 4 is 11.8 Å². The van der Waals surface area contributed by atoms with Crippen LogP contribution in [0.4, 0.5) is 0 Å². The average Bonchev–Trinajstić information content (AvgIpc) is 2.49. The minimum absolute atomic E-state index is 0.0176. The molecule has 1 aromatic rings. The molecule has 1 aromatic carbocycles. The Labute approximate surface area is 126 Å². The first kappa shape index (κ1) is 17.0. The summed E-state index contributed by atoms with van der Waals surface area (Å²) in [6.45, 7) is 6.41. The van der Waals surface area contributed by atoms with Gasteiger partial charge in [0.05, 0.1) is 7.11 Å². The van der Waals surface area contributed by atoms with Gasteiger partial charge in [-0.2, -0.15) is 0 Å². The minimum atomic E-state index is -0.536. The molecule has 0 bridgehead atoms. The van der Waals surface area contributed by atoms with Gasteiger partial charge in [-0.05, 0) is 36.6 Å². The van der Waals surface area contributed by atoms with Gasteiger partial charge in [0.15, 0.2) is 0 Å². The molecule has 21 heavy (non-hydrogen) atoms. The van der Waals surface area contributed by atoms with Gasteiger partial charge in [0, 0.05) is 12.1 Å². The molecule has 0 saturated heterocycles. The largest absolute Gasteiger partial charge is 0.497 e. The highest BCUT2D eigenvalue weighted by Crippen LogP contribution is 2.12. The van der Waals surface area contributed by atoms with E-state index in [1.54, 1.807) is 31.4 Å². The molecular formula is C16H24N2O3. The smallest absolute Gasteiger partial charge is 0.251 e. The van der Waals surface area contributed by atoms with Crippen LogP contribution in [0.3, 0.4) is 0 Å². The number of methoxy groups -OCH3 is 1. The summed E-state index contributed by atoms with van der Waals surface area (Å²) in [4.78, 5) is 24.3. The van der Waals surface area contributed by atoms with E-state index in [-0.39, 0.29) is 17.7 Å². The molecule has 1 atom stereocenters. The van der Waals surface area contributed by atoms with E-state index in [1.165, 1.54) is 0 Å². The molecule has 0 fully saturated rings. The lowest BCUT2D eigenvalue weighted by molar-refractivity contribution is -0.123. The molecule has 0 radical (unpaired) electrons. The van der Waals surface area contributed by atoms with Gasteiger partial charge in [0.1, 0.15) is 11.8 Å². The van der Waals surface area contributed by atoms with Crippen LogP contribution in [0.5, 0.6) is 5.75 Å². The van der Waals surface area contributed by atoms with Crippen LogP contribution in [-0.2, 0) is 4.79 Å². The van der Waals surface area contributed by atoms with E-state index in [0.29, 0.717) is 17.9 Å². The van der Waals surface area contributed by atoms with Gasteiger partial charge in [-0.3, -0.25) is 9.59 Å². The Kier molecular flexibility index (Phi) is 6.72. The van der Waals surface area contributed by atoms with E-state index >= 15 is 0 Å². The van der Waals surface area contributed by atoms with Gasteiger partial charge >= 0.3 is 0 Å². The highest BCUT2D eigenvalue weighted by molar-refractivity contribution is 5.97. The normalized spacial score (nSPS) is 11.9. The lowest BCUT2D eigenvalue weighted by Gasteiger charge is -2.21. The number of benzene rings is 1. The molecule has 0 aliphatic rings. The Balaban J connectivity index is 2.73. The molecule has 5 heteroatoms. The van der Waals surface area contributed by atoms with Gasteiger partial charge in [0.2, 0.25) is 5.91 Å². The van der Waals surface area contributed by atoms with E-state index in [4.69, 9.17) is 4.74 Å². The first-order valence-corrected chi connectivity index (χ1v) is 7.22. The number of carbonyl (C=O) groups is 2. The number of hydrogen-bond acceptors (Lipinski definition) is 3. The zero-order valence-corrected chi connectivity index (χ0v) is 13.1. The third-order valence-corrected chi connectivity index (χ3v) is 3.14. The summed E-state index contributed by atoms with van der Waals surface area (Å²) in [7, 11) is 1.57. The molecule has 5 nitrogen and oxygen atoms in total. The molecule has 0 aliphatic carbocycles. The van der Waals surface area contributed by atoms with Crippen LogP contribution in [-0.4, -0.2) is 31.5 Å². The van der Waals surface area contributed by atoms with Gasteiger partial charge in [0.25, 0.3) is 5.91 Å². The predicted molar refractivity (Wildman–Crippen MR) is 82.4 cm³/mol. The van der Waals surface area contributed by atoms with Crippen molar-refractivity contribution in [2.24, 2.45) is 5.92 Å². The fourth-order valence-electron chi connectivity index (χ4n) is 1.86. The van der Waals surface area contributed by atoms with Crippen LogP contribution >= 0.6 is 0 Å². The Morgan fingerprint density at radius 3 is 2.29 bits per heavy atom. The molecule has 2 N–H and O–H groups in total. The zero-order valence-electron chi connectivity index (χ0n) is 13.1. The summed E-state index contributed by atoms with van der Waals surface area (Å²) in [5, 5.41) is 5.60. The second-order valence-electron chi connectivity index (χ2n) is 5.21. The molecule has 1 unspecified atom stereocenters. The van der Waals surface area contributed by atoms with Gasteiger partial charge in [-0.1, -0.05) is 20.8 Å². The lowest BCUT2D eigenvalue weighted by Crippen LogP contribution is -2.49. The van der Waals surface area contributed by atoms with Gasteiger partial charge in [-0.15, -0.1) is 0 Å². The van der Waals surface area contributed by atoms with Crippen LogP contribution in [0, 0.1) is 5.92 Å². The van der Waals surface area contributed by atoms with E-state index in [1.807, 2.05) is 20.8 Å². The Hall–Kier alpha value is -2.04. The maximum absolute atomic E-state index is 12.2. The van der Waals surface area contributed by atoms with Crippen molar-refractivity contribution in [1.29, 1.82) is 0 Å². The molecule has 0 heterocycles. The van der Waals surface area contributed by atoms with Crippen LogP contribution < -0.4 is 15.4 Å². The summed E-state index contributed by atoms with van der Waals surface area (Å²) in [5.74, 6) is 0.299. The summed E-state index contributed by atoms with van der Waals surface area (Å²) in [5.41, 5.74) is 0.504. The van der Waals surface area contributed by atoms with Crippen LogP contribution in [0.25, 0.3) is 0 Å². The molecular weight excluding hydrogens is 268 g/mol. The van der Waals surface area contributed by atoms with Crippen molar-refractivity contribution in [1.82, 2.24) is 10.6 Å². The topological polar surface area (TPSA) is 67.4 Å². The zero-order chi connectivity index (χ0) is 15.8. The molecule has 2 amide bonds. The Morgan fingerprint density at radius 1 is 1.19 bits per heavy atom. The number of amides is 2. The minimum Gasteiger partial charge on any atom is -0.497 e. The first-order valence-electron chi connectivity index (χ1n) is 7.22.